The Kier molecular flexibility index (Phi) is 3.68. The quantitative estimate of drug-likeness (QED) is 0.856. The van der Waals surface area contributed by atoms with Gasteiger partial charge in [-0.05, 0) is 12.1 Å². The minimum Gasteiger partial charge on any atom is -0.479 e. The predicted octanol–water partition coefficient (Wildman–Crippen LogP) is 1.60. The Morgan fingerprint density at radius 2 is 1.95 bits per heavy atom. The molecule has 0 N–H and O–H groups in total. The minimum atomic E-state index is -3.33. The number of ether oxygens (including phenoxy) is 1. The maximum absolute atomic E-state index is 11.3. The molecule has 6 nitrogen and oxygen atoms in total. The maximum atomic E-state index is 11.3. The van der Waals surface area contributed by atoms with Gasteiger partial charge in [0.25, 0.3) is 0 Å². The van der Waals surface area contributed by atoms with E-state index in [1.165, 1.54) is 25.6 Å². The third kappa shape index (κ3) is 2.99. The first kappa shape index (κ1) is 13.7. The summed E-state index contributed by atoms with van der Waals surface area (Å²) in [5.74, 6) is 0.290. The summed E-state index contributed by atoms with van der Waals surface area (Å²) in [7, 11) is -1.87. The number of hydrogen-bond acceptors (Lipinski definition) is 6. The summed E-state index contributed by atoms with van der Waals surface area (Å²) in [6, 6.07) is 2.97. The Balaban J connectivity index is 2.51. The zero-order chi connectivity index (χ0) is 14.0. The van der Waals surface area contributed by atoms with Crippen molar-refractivity contribution < 1.29 is 13.2 Å². The molecule has 100 valence electrons. The molecule has 0 aromatic carbocycles. The van der Waals surface area contributed by atoms with E-state index in [1.807, 2.05) is 0 Å². The largest absolute Gasteiger partial charge is 0.479 e. The van der Waals surface area contributed by atoms with Crippen LogP contribution in [-0.4, -0.2) is 36.7 Å². The minimum absolute atomic E-state index is 0.00907. The van der Waals surface area contributed by atoms with Crippen LogP contribution in [0, 0.1) is 0 Å². The van der Waals surface area contributed by atoms with Gasteiger partial charge in [0.05, 0.1) is 13.3 Å². The first-order valence-electron chi connectivity index (χ1n) is 5.15. The van der Waals surface area contributed by atoms with E-state index in [2.05, 4.69) is 15.0 Å². The van der Waals surface area contributed by atoms with Crippen molar-refractivity contribution in [3.63, 3.8) is 0 Å². The molecule has 0 amide bonds. The SMILES string of the molecule is COc1ncc(Cl)nc1-c1ccc(S(C)(=O)=O)nc1. The lowest BCUT2D eigenvalue weighted by Gasteiger charge is -2.06. The summed E-state index contributed by atoms with van der Waals surface area (Å²) in [5.41, 5.74) is 0.974. The van der Waals surface area contributed by atoms with Crippen molar-refractivity contribution in [2.75, 3.05) is 13.4 Å². The molecule has 0 aliphatic heterocycles. The van der Waals surface area contributed by atoms with Crippen LogP contribution in [0.5, 0.6) is 5.88 Å². The van der Waals surface area contributed by atoms with E-state index >= 15 is 0 Å². The average molecular weight is 300 g/mol. The second-order valence-electron chi connectivity index (χ2n) is 3.71. The highest BCUT2D eigenvalue weighted by atomic mass is 35.5. The smallest absolute Gasteiger partial charge is 0.240 e. The second-order valence-corrected chi connectivity index (χ2v) is 6.06. The van der Waals surface area contributed by atoms with Crippen LogP contribution in [0.25, 0.3) is 11.3 Å². The molecule has 2 aromatic rings. The van der Waals surface area contributed by atoms with Crippen LogP contribution >= 0.6 is 11.6 Å². The Bertz CT molecular complexity index is 702. The van der Waals surface area contributed by atoms with Crippen molar-refractivity contribution in [1.29, 1.82) is 0 Å². The molecule has 0 saturated heterocycles. The number of methoxy groups -OCH3 is 1. The van der Waals surface area contributed by atoms with Gasteiger partial charge in [0.15, 0.2) is 14.9 Å². The van der Waals surface area contributed by atoms with E-state index in [1.54, 1.807) is 6.07 Å². The van der Waals surface area contributed by atoms with E-state index in [0.29, 0.717) is 17.1 Å². The molecule has 0 fully saturated rings. The van der Waals surface area contributed by atoms with Crippen LogP contribution in [0.3, 0.4) is 0 Å². The van der Waals surface area contributed by atoms with Crippen molar-refractivity contribution in [3.05, 3.63) is 29.7 Å². The van der Waals surface area contributed by atoms with Gasteiger partial charge < -0.3 is 4.74 Å². The summed E-state index contributed by atoms with van der Waals surface area (Å²) in [4.78, 5) is 12.0. The maximum Gasteiger partial charge on any atom is 0.240 e. The lowest BCUT2D eigenvalue weighted by Crippen LogP contribution is -2.01. The highest BCUT2D eigenvalue weighted by Gasteiger charge is 2.13. The summed E-state index contributed by atoms with van der Waals surface area (Å²) in [6.45, 7) is 0. The van der Waals surface area contributed by atoms with E-state index in [9.17, 15) is 8.42 Å². The van der Waals surface area contributed by atoms with E-state index in [-0.39, 0.29) is 10.2 Å². The second kappa shape index (κ2) is 5.10. The molecule has 2 heterocycles. The van der Waals surface area contributed by atoms with Gasteiger partial charge in [0, 0.05) is 18.0 Å². The van der Waals surface area contributed by atoms with E-state index < -0.39 is 9.84 Å². The van der Waals surface area contributed by atoms with Crippen LogP contribution < -0.4 is 4.74 Å². The number of rotatable bonds is 3. The molecule has 0 unspecified atom stereocenters. The molecule has 2 rings (SSSR count). The van der Waals surface area contributed by atoms with Crippen molar-refractivity contribution in [2.45, 2.75) is 5.03 Å². The molecule has 0 bridgehead atoms. The van der Waals surface area contributed by atoms with Crippen LogP contribution in [0.15, 0.2) is 29.6 Å². The number of sulfone groups is 1. The summed E-state index contributed by atoms with van der Waals surface area (Å²) < 4.78 is 27.7. The number of nitrogens with zero attached hydrogens (tertiary/aromatic N) is 3. The van der Waals surface area contributed by atoms with E-state index in [0.717, 1.165) is 6.26 Å². The van der Waals surface area contributed by atoms with Crippen molar-refractivity contribution in [1.82, 2.24) is 15.0 Å². The lowest BCUT2D eigenvalue weighted by atomic mass is 10.2. The molecular weight excluding hydrogens is 290 g/mol. The standard InChI is InChI=1S/C11H10ClN3O3S/c1-18-11-10(15-8(12)6-14-11)7-3-4-9(13-5-7)19(2,16)17/h3-6H,1-2H3. The summed E-state index contributed by atoms with van der Waals surface area (Å²) in [6.07, 6.45) is 3.84. The van der Waals surface area contributed by atoms with Crippen LogP contribution in [0.1, 0.15) is 0 Å². The van der Waals surface area contributed by atoms with Gasteiger partial charge in [0.2, 0.25) is 5.88 Å². The zero-order valence-corrected chi connectivity index (χ0v) is 11.7. The normalized spacial score (nSPS) is 11.3. The van der Waals surface area contributed by atoms with Crippen LogP contribution in [0.4, 0.5) is 0 Å². The number of hydrogen-bond donors (Lipinski definition) is 0. The monoisotopic (exact) mass is 299 g/mol. The molecule has 0 atom stereocenters. The van der Waals surface area contributed by atoms with Gasteiger partial charge in [-0.15, -0.1) is 0 Å². The molecule has 0 aliphatic carbocycles. The molecule has 2 aromatic heterocycles. The van der Waals surface area contributed by atoms with Gasteiger partial charge in [-0.1, -0.05) is 11.6 Å². The van der Waals surface area contributed by atoms with Crippen molar-refractivity contribution >= 4 is 21.4 Å². The number of pyridine rings is 1. The Morgan fingerprint density at radius 1 is 1.21 bits per heavy atom. The first-order chi connectivity index (χ1) is 8.91. The molecule has 0 radical (unpaired) electrons. The van der Waals surface area contributed by atoms with Crippen LogP contribution in [0.2, 0.25) is 5.15 Å². The molecule has 0 saturated carbocycles. The molecule has 19 heavy (non-hydrogen) atoms. The zero-order valence-electron chi connectivity index (χ0n) is 10.2. The van der Waals surface area contributed by atoms with Crippen molar-refractivity contribution in [2.24, 2.45) is 0 Å². The highest BCUT2D eigenvalue weighted by molar-refractivity contribution is 7.90. The Hall–Kier alpha value is -1.73. The van der Waals surface area contributed by atoms with Gasteiger partial charge in [-0.3, -0.25) is 0 Å². The summed E-state index contributed by atoms with van der Waals surface area (Å²) >= 11 is 5.78. The average Bonchev–Trinajstić information content (AvgIpc) is 2.38. The third-order valence-corrected chi connectivity index (χ3v) is 3.48. The van der Waals surface area contributed by atoms with Gasteiger partial charge in [-0.2, -0.15) is 0 Å². The number of halogens is 1. The topological polar surface area (TPSA) is 82.0 Å². The van der Waals surface area contributed by atoms with E-state index in [4.69, 9.17) is 16.3 Å². The van der Waals surface area contributed by atoms with Gasteiger partial charge >= 0.3 is 0 Å². The first-order valence-corrected chi connectivity index (χ1v) is 7.42. The van der Waals surface area contributed by atoms with Gasteiger partial charge in [0.1, 0.15) is 10.8 Å². The molecule has 0 spiro atoms. The highest BCUT2D eigenvalue weighted by Crippen LogP contribution is 2.26. The summed E-state index contributed by atoms with van der Waals surface area (Å²) in [5, 5.41) is 0.202. The van der Waals surface area contributed by atoms with Crippen LogP contribution in [-0.2, 0) is 9.84 Å². The van der Waals surface area contributed by atoms with Gasteiger partial charge in [-0.25, -0.2) is 23.4 Å². The third-order valence-electron chi connectivity index (χ3n) is 2.29. The lowest BCUT2D eigenvalue weighted by molar-refractivity contribution is 0.398. The van der Waals surface area contributed by atoms with Crippen molar-refractivity contribution in [3.8, 4) is 17.1 Å². The fourth-order valence-corrected chi connectivity index (χ4v) is 2.13. The predicted molar refractivity (Wildman–Crippen MR) is 69.9 cm³/mol. The molecule has 8 heteroatoms. The Morgan fingerprint density at radius 3 is 2.47 bits per heavy atom. The Labute approximate surface area is 115 Å². The molecule has 0 aliphatic rings. The fourth-order valence-electron chi connectivity index (χ4n) is 1.43. The molecular formula is C11H10ClN3O3S. The fraction of sp³-hybridized carbons (Fsp3) is 0.182. The number of aromatic nitrogens is 3.